The molecule has 1 aliphatic heterocycles. The van der Waals surface area contributed by atoms with E-state index in [0.717, 1.165) is 12.1 Å². The van der Waals surface area contributed by atoms with Crippen molar-refractivity contribution in [1.82, 2.24) is 9.80 Å². The summed E-state index contributed by atoms with van der Waals surface area (Å²) in [6.45, 7) is 1.26. The minimum absolute atomic E-state index is 0.00262. The molecule has 1 aromatic rings. The Morgan fingerprint density at radius 3 is 2.11 bits per heavy atom. The molecule has 1 unspecified atom stereocenters. The van der Waals surface area contributed by atoms with Gasteiger partial charge in [-0.1, -0.05) is 0 Å². The largest absolute Gasteiger partial charge is 0.416 e. The monoisotopic (exact) mass is 391 g/mol. The number of amides is 2. The van der Waals surface area contributed by atoms with E-state index in [1.54, 1.807) is 4.90 Å². The second kappa shape index (κ2) is 7.06. The van der Waals surface area contributed by atoms with E-state index in [-0.39, 0.29) is 25.3 Å². The molecule has 0 radical (unpaired) electrons. The average Bonchev–Trinajstić information content (AvgIpc) is 3.23. The number of carbonyl (C=O) groups excluding carboxylic acids is 2. The van der Waals surface area contributed by atoms with Crippen molar-refractivity contribution in [2.45, 2.75) is 18.5 Å². The van der Waals surface area contributed by atoms with Crippen molar-refractivity contribution >= 4 is 17.5 Å². The molecule has 1 heterocycles. The number of carbonyl (C=O) groups is 2. The molecule has 27 heavy (non-hydrogen) atoms. The maximum atomic E-state index is 13.0. The number of anilines is 1. The quantitative estimate of drug-likeness (QED) is 0.803. The zero-order valence-electron chi connectivity index (χ0n) is 14.2. The molecule has 1 aliphatic carbocycles. The van der Waals surface area contributed by atoms with Crippen molar-refractivity contribution in [2.75, 3.05) is 38.0 Å². The van der Waals surface area contributed by atoms with Crippen LogP contribution in [0.3, 0.4) is 0 Å². The predicted molar refractivity (Wildman–Crippen MR) is 86.1 cm³/mol. The van der Waals surface area contributed by atoms with E-state index in [9.17, 15) is 31.5 Å². The molecule has 1 aromatic carbocycles. The van der Waals surface area contributed by atoms with Crippen LogP contribution in [0.15, 0.2) is 24.3 Å². The molecule has 148 valence electrons. The molecule has 2 aliphatic rings. The van der Waals surface area contributed by atoms with Crippen LogP contribution >= 0.6 is 0 Å². The molecule has 1 saturated heterocycles. The van der Waals surface area contributed by atoms with Gasteiger partial charge in [0.2, 0.25) is 11.8 Å². The van der Waals surface area contributed by atoms with E-state index in [1.807, 2.05) is 0 Å². The number of rotatable bonds is 4. The summed E-state index contributed by atoms with van der Waals surface area (Å²) >= 11 is 0. The lowest BCUT2D eigenvalue weighted by atomic mass is 10.2. The fraction of sp³-hybridized carbons (Fsp3) is 0.529. The van der Waals surface area contributed by atoms with Gasteiger partial charge in [0, 0.05) is 38.3 Å². The lowest BCUT2D eigenvalue weighted by Crippen LogP contribution is -2.51. The minimum Gasteiger partial charge on any atom is -0.340 e. The van der Waals surface area contributed by atoms with Crippen molar-refractivity contribution in [1.29, 1.82) is 0 Å². The standard InChI is InChI=1S/C17H18F5N3O2/c18-16(19)9-13(16)15(27)25-7-5-24(6-8-25)10-14(26)23-12-3-1-11(2-4-12)17(20,21)22/h1-4,13H,5-10H2,(H,23,26). The van der Waals surface area contributed by atoms with E-state index in [2.05, 4.69) is 5.32 Å². The molecule has 1 saturated carbocycles. The Balaban J connectivity index is 1.44. The molecule has 2 amide bonds. The first kappa shape index (κ1) is 19.5. The SMILES string of the molecule is O=C(CN1CCN(C(=O)C2CC2(F)F)CC1)Nc1ccc(C(F)(F)F)cc1. The Morgan fingerprint density at radius 2 is 1.63 bits per heavy atom. The van der Waals surface area contributed by atoms with Gasteiger partial charge in [-0.2, -0.15) is 13.2 Å². The molecule has 3 rings (SSSR count). The summed E-state index contributed by atoms with van der Waals surface area (Å²) < 4.78 is 63.5. The van der Waals surface area contributed by atoms with Gasteiger partial charge < -0.3 is 10.2 Å². The summed E-state index contributed by atoms with van der Waals surface area (Å²) in [6, 6.07) is 4.11. The third kappa shape index (κ3) is 4.74. The number of nitrogens with one attached hydrogen (secondary N) is 1. The molecule has 10 heteroatoms. The summed E-state index contributed by atoms with van der Waals surface area (Å²) in [5.41, 5.74) is -0.555. The third-order valence-electron chi connectivity index (χ3n) is 4.67. The maximum absolute atomic E-state index is 13.0. The summed E-state index contributed by atoms with van der Waals surface area (Å²) in [4.78, 5) is 27.1. The van der Waals surface area contributed by atoms with Crippen LogP contribution in [0.25, 0.3) is 0 Å². The summed E-state index contributed by atoms with van der Waals surface area (Å²) in [5.74, 6) is -5.06. The number of halogens is 5. The van der Waals surface area contributed by atoms with Crippen LogP contribution in [-0.4, -0.2) is 60.3 Å². The lowest BCUT2D eigenvalue weighted by molar-refractivity contribution is -0.138. The van der Waals surface area contributed by atoms with Gasteiger partial charge >= 0.3 is 6.18 Å². The number of alkyl halides is 5. The first-order valence-electron chi connectivity index (χ1n) is 8.42. The lowest BCUT2D eigenvalue weighted by Gasteiger charge is -2.34. The number of piperazine rings is 1. The first-order valence-corrected chi connectivity index (χ1v) is 8.42. The van der Waals surface area contributed by atoms with E-state index < -0.39 is 41.8 Å². The first-order chi connectivity index (χ1) is 12.6. The van der Waals surface area contributed by atoms with E-state index in [4.69, 9.17) is 0 Å². The summed E-state index contributed by atoms with van der Waals surface area (Å²) in [7, 11) is 0. The predicted octanol–water partition coefficient (Wildman–Crippen LogP) is 2.44. The highest BCUT2D eigenvalue weighted by molar-refractivity contribution is 5.92. The van der Waals surface area contributed by atoms with Gasteiger partial charge in [-0.15, -0.1) is 0 Å². The Morgan fingerprint density at radius 1 is 1.07 bits per heavy atom. The highest BCUT2D eigenvalue weighted by Gasteiger charge is 2.62. The fourth-order valence-corrected chi connectivity index (χ4v) is 2.97. The Kier molecular flexibility index (Phi) is 5.11. The molecule has 1 N–H and O–H groups in total. The topological polar surface area (TPSA) is 52.7 Å². The molecule has 0 aromatic heterocycles. The van der Waals surface area contributed by atoms with Crippen molar-refractivity contribution in [3.05, 3.63) is 29.8 Å². The van der Waals surface area contributed by atoms with E-state index in [0.29, 0.717) is 13.1 Å². The highest BCUT2D eigenvalue weighted by atomic mass is 19.4. The molecule has 0 bridgehead atoms. The Labute approximate surface area is 152 Å². The van der Waals surface area contributed by atoms with Crippen LogP contribution in [0.5, 0.6) is 0 Å². The second-order valence-corrected chi connectivity index (χ2v) is 6.74. The number of nitrogens with zero attached hydrogens (tertiary/aromatic N) is 2. The molecule has 2 fully saturated rings. The number of hydrogen-bond acceptors (Lipinski definition) is 3. The normalized spacial score (nSPS) is 22.4. The van der Waals surface area contributed by atoms with Gasteiger partial charge in [-0.25, -0.2) is 8.78 Å². The maximum Gasteiger partial charge on any atom is 0.416 e. The zero-order chi connectivity index (χ0) is 19.8. The third-order valence-corrected chi connectivity index (χ3v) is 4.67. The molecule has 0 spiro atoms. The van der Waals surface area contributed by atoms with Crippen LogP contribution in [0.2, 0.25) is 0 Å². The number of hydrogen-bond donors (Lipinski definition) is 1. The van der Waals surface area contributed by atoms with Gasteiger partial charge in [0.15, 0.2) is 0 Å². The smallest absolute Gasteiger partial charge is 0.340 e. The van der Waals surface area contributed by atoms with Crippen molar-refractivity contribution in [3.8, 4) is 0 Å². The van der Waals surface area contributed by atoms with Gasteiger partial charge in [0.05, 0.1) is 12.1 Å². The molecular formula is C17H18F5N3O2. The Hall–Kier alpha value is -2.23. The minimum atomic E-state index is -4.44. The van der Waals surface area contributed by atoms with Crippen molar-refractivity contribution < 1.29 is 31.5 Å². The molecular weight excluding hydrogens is 373 g/mol. The van der Waals surface area contributed by atoms with E-state index in [1.165, 1.54) is 17.0 Å². The van der Waals surface area contributed by atoms with Gasteiger partial charge in [-0.3, -0.25) is 14.5 Å². The van der Waals surface area contributed by atoms with Crippen LogP contribution in [-0.2, 0) is 15.8 Å². The summed E-state index contributed by atoms with van der Waals surface area (Å²) in [5, 5.41) is 2.51. The van der Waals surface area contributed by atoms with Gasteiger partial charge in [0.25, 0.3) is 5.92 Å². The van der Waals surface area contributed by atoms with Gasteiger partial charge in [-0.05, 0) is 24.3 Å². The van der Waals surface area contributed by atoms with Crippen molar-refractivity contribution in [3.63, 3.8) is 0 Å². The van der Waals surface area contributed by atoms with Gasteiger partial charge in [0.1, 0.15) is 5.92 Å². The van der Waals surface area contributed by atoms with Crippen LogP contribution in [0.1, 0.15) is 12.0 Å². The number of benzene rings is 1. The zero-order valence-corrected chi connectivity index (χ0v) is 14.2. The fourth-order valence-electron chi connectivity index (χ4n) is 2.97. The van der Waals surface area contributed by atoms with Crippen LogP contribution in [0, 0.1) is 5.92 Å². The molecule has 1 atom stereocenters. The van der Waals surface area contributed by atoms with Crippen LogP contribution in [0.4, 0.5) is 27.6 Å². The van der Waals surface area contributed by atoms with Crippen molar-refractivity contribution in [2.24, 2.45) is 5.92 Å². The summed E-state index contributed by atoms with van der Waals surface area (Å²) in [6.07, 6.45) is -4.84. The highest BCUT2D eigenvalue weighted by Crippen LogP contribution is 2.49. The van der Waals surface area contributed by atoms with E-state index >= 15 is 0 Å². The molecule has 5 nitrogen and oxygen atoms in total. The Bertz CT molecular complexity index is 712. The van der Waals surface area contributed by atoms with Crippen LogP contribution < -0.4 is 5.32 Å². The average molecular weight is 391 g/mol. The second-order valence-electron chi connectivity index (χ2n) is 6.74.